The average molecular weight is 338 g/mol. The molecule has 20 heavy (non-hydrogen) atoms. The van der Waals surface area contributed by atoms with E-state index < -0.39 is 0 Å². The van der Waals surface area contributed by atoms with Crippen LogP contribution in [0.1, 0.15) is 30.5 Å². The van der Waals surface area contributed by atoms with Gasteiger partial charge in [-0.3, -0.25) is 0 Å². The second-order valence-electron chi connectivity index (χ2n) is 4.54. The fourth-order valence-corrected chi connectivity index (χ4v) is 2.36. The van der Waals surface area contributed by atoms with Crippen LogP contribution in [-0.4, -0.2) is 6.61 Å². The zero-order valence-corrected chi connectivity index (χ0v) is 12.9. The lowest BCUT2D eigenvalue weighted by Gasteiger charge is -2.17. The second-order valence-corrected chi connectivity index (χ2v) is 5.39. The second kappa shape index (κ2) is 6.86. The van der Waals surface area contributed by atoms with Crippen molar-refractivity contribution < 1.29 is 9.13 Å². The molecule has 2 nitrogen and oxygen atoms in total. The molecule has 4 heteroatoms. The molecule has 2 aromatic carbocycles. The molecule has 0 amide bonds. The highest BCUT2D eigenvalue weighted by Crippen LogP contribution is 2.30. The van der Waals surface area contributed by atoms with Crippen molar-refractivity contribution in [2.45, 2.75) is 19.4 Å². The Bertz CT molecular complexity index is 588. The summed E-state index contributed by atoms with van der Waals surface area (Å²) in [6.45, 7) is 2.70. The van der Waals surface area contributed by atoms with Crippen LogP contribution in [-0.2, 0) is 0 Å². The lowest BCUT2D eigenvalue weighted by Crippen LogP contribution is -2.14. The van der Waals surface area contributed by atoms with Gasteiger partial charge in [0.15, 0.2) is 0 Å². The highest BCUT2D eigenvalue weighted by Gasteiger charge is 2.15. The van der Waals surface area contributed by atoms with Gasteiger partial charge in [0.1, 0.15) is 11.6 Å². The van der Waals surface area contributed by atoms with Crippen molar-refractivity contribution >= 4 is 15.9 Å². The van der Waals surface area contributed by atoms with Crippen LogP contribution in [0.3, 0.4) is 0 Å². The Hall–Kier alpha value is -1.39. The minimum atomic E-state index is -0.347. The maximum Gasteiger partial charge on any atom is 0.137 e. The van der Waals surface area contributed by atoms with E-state index in [1.54, 1.807) is 12.1 Å². The van der Waals surface area contributed by atoms with Gasteiger partial charge in [-0.2, -0.15) is 0 Å². The third-order valence-corrected chi connectivity index (χ3v) is 3.63. The number of nitrogens with two attached hydrogens (primary N) is 1. The third-order valence-electron chi connectivity index (χ3n) is 3.02. The summed E-state index contributed by atoms with van der Waals surface area (Å²) in [6, 6.07) is 12.2. The Morgan fingerprint density at radius 1 is 1.25 bits per heavy atom. The number of halogens is 2. The van der Waals surface area contributed by atoms with Gasteiger partial charge in [-0.05, 0) is 46.1 Å². The first-order valence-corrected chi connectivity index (χ1v) is 7.35. The quantitative estimate of drug-likeness (QED) is 0.876. The van der Waals surface area contributed by atoms with Gasteiger partial charge in [-0.15, -0.1) is 0 Å². The van der Waals surface area contributed by atoms with Gasteiger partial charge in [0.05, 0.1) is 17.1 Å². The van der Waals surface area contributed by atoms with E-state index in [0.717, 1.165) is 23.3 Å². The van der Waals surface area contributed by atoms with Crippen molar-refractivity contribution in [1.82, 2.24) is 0 Å². The van der Waals surface area contributed by atoms with Crippen molar-refractivity contribution in [3.05, 3.63) is 63.9 Å². The van der Waals surface area contributed by atoms with Crippen molar-refractivity contribution in [3.8, 4) is 5.75 Å². The molecule has 0 aliphatic heterocycles. The molecule has 0 bridgehead atoms. The monoisotopic (exact) mass is 337 g/mol. The molecular formula is C16H17BrFNO. The maximum absolute atomic E-state index is 13.3. The summed E-state index contributed by atoms with van der Waals surface area (Å²) in [7, 11) is 0. The van der Waals surface area contributed by atoms with Crippen molar-refractivity contribution in [2.75, 3.05) is 6.61 Å². The number of benzene rings is 2. The molecule has 0 saturated heterocycles. The molecule has 0 spiro atoms. The summed E-state index contributed by atoms with van der Waals surface area (Å²) >= 11 is 3.19. The predicted molar refractivity (Wildman–Crippen MR) is 82.4 cm³/mol. The molecule has 0 saturated carbocycles. The molecule has 0 fully saturated rings. The Labute approximate surface area is 126 Å². The minimum absolute atomic E-state index is 0.295. The normalized spacial score (nSPS) is 12.2. The smallest absolute Gasteiger partial charge is 0.137 e. The van der Waals surface area contributed by atoms with Crippen molar-refractivity contribution in [1.29, 1.82) is 0 Å². The molecule has 0 aromatic heterocycles. The summed E-state index contributed by atoms with van der Waals surface area (Å²) in [5, 5.41) is 0. The maximum atomic E-state index is 13.3. The number of para-hydroxylation sites is 1. The molecule has 2 rings (SSSR count). The average Bonchev–Trinajstić information content (AvgIpc) is 2.47. The van der Waals surface area contributed by atoms with Crippen LogP contribution in [0.15, 0.2) is 46.9 Å². The van der Waals surface area contributed by atoms with Gasteiger partial charge < -0.3 is 10.5 Å². The van der Waals surface area contributed by atoms with Crippen molar-refractivity contribution in [3.63, 3.8) is 0 Å². The molecule has 2 aromatic rings. The zero-order valence-electron chi connectivity index (χ0n) is 11.3. The lowest BCUT2D eigenvalue weighted by atomic mass is 9.99. The van der Waals surface area contributed by atoms with Gasteiger partial charge in [0.25, 0.3) is 0 Å². The highest BCUT2D eigenvalue weighted by atomic mass is 79.9. The van der Waals surface area contributed by atoms with Crippen LogP contribution in [0.2, 0.25) is 0 Å². The van der Waals surface area contributed by atoms with E-state index >= 15 is 0 Å². The molecule has 106 valence electrons. The summed E-state index contributed by atoms with van der Waals surface area (Å²) in [4.78, 5) is 0. The van der Waals surface area contributed by atoms with E-state index in [1.807, 2.05) is 24.3 Å². The fraction of sp³-hybridized carbons (Fsp3) is 0.250. The van der Waals surface area contributed by atoms with Gasteiger partial charge in [-0.25, -0.2) is 4.39 Å². The molecule has 0 radical (unpaired) electrons. The molecular weight excluding hydrogens is 321 g/mol. The largest absolute Gasteiger partial charge is 0.493 e. The van der Waals surface area contributed by atoms with Crippen LogP contribution in [0, 0.1) is 5.82 Å². The summed E-state index contributed by atoms with van der Waals surface area (Å²) < 4.78 is 19.4. The van der Waals surface area contributed by atoms with Crippen molar-refractivity contribution in [2.24, 2.45) is 5.73 Å². The first kappa shape index (κ1) is 15.0. The molecule has 1 unspecified atom stereocenters. The molecule has 2 N–H and O–H groups in total. The Balaban J connectivity index is 2.32. The van der Waals surface area contributed by atoms with Crippen LogP contribution in [0.25, 0.3) is 0 Å². The van der Waals surface area contributed by atoms with Crippen LogP contribution < -0.4 is 10.5 Å². The van der Waals surface area contributed by atoms with Gasteiger partial charge in [0.2, 0.25) is 0 Å². The third kappa shape index (κ3) is 3.38. The zero-order chi connectivity index (χ0) is 14.5. The standard InChI is InChI=1S/C16H17BrFNO/c1-2-9-20-15-6-4-3-5-12(15)16(19)11-7-8-14(18)13(17)10-11/h3-8,10,16H,2,9,19H2,1H3. The summed E-state index contributed by atoms with van der Waals surface area (Å²) in [5.74, 6) is 0.485. The van der Waals surface area contributed by atoms with E-state index in [0.29, 0.717) is 11.1 Å². The van der Waals surface area contributed by atoms with Gasteiger partial charge in [-0.1, -0.05) is 31.2 Å². The van der Waals surface area contributed by atoms with Crippen LogP contribution >= 0.6 is 15.9 Å². The highest BCUT2D eigenvalue weighted by molar-refractivity contribution is 9.10. The van der Waals surface area contributed by atoms with E-state index in [1.165, 1.54) is 6.07 Å². The predicted octanol–water partition coefficient (Wildman–Crippen LogP) is 4.43. The first-order chi connectivity index (χ1) is 9.63. The van der Waals surface area contributed by atoms with Crippen LogP contribution in [0.5, 0.6) is 5.75 Å². The van der Waals surface area contributed by atoms with E-state index in [4.69, 9.17) is 10.5 Å². The van der Waals surface area contributed by atoms with Gasteiger partial charge >= 0.3 is 0 Å². The first-order valence-electron chi connectivity index (χ1n) is 6.55. The fourth-order valence-electron chi connectivity index (χ4n) is 1.97. The molecule has 0 aliphatic rings. The minimum Gasteiger partial charge on any atom is -0.493 e. The Kier molecular flexibility index (Phi) is 5.15. The molecule has 1 atom stereocenters. The van der Waals surface area contributed by atoms with E-state index in [9.17, 15) is 4.39 Å². The topological polar surface area (TPSA) is 35.2 Å². The molecule has 0 heterocycles. The summed E-state index contributed by atoms with van der Waals surface area (Å²) in [5.41, 5.74) is 8.03. The molecule has 0 aliphatic carbocycles. The van der Waals surface area contributed by atoms with E-state index in [-0.39, 0.29) is 11.9 Å². The number of ether oxygens (including phenoxy) is 1. The SMILES string of the molecule is CCCOc1ccccc1C(N)c1ccc(F)c(Br)c1. The van der Waals surface area contributed by atoms with E-state index in [2.05, 4.69) is 22.9 Å². The van der Waals surface area contributed by atoms with Crippen LogP contribution in [0.4, 0.5) is 4.39 Å². The number of hydrogen-bond acceptors (Lipinski definition) is 2. The number of rotatable bonds is 5. The van der Waals surface area contributed by atoms with Gasteiger partial charge in [0, 0.05) is 5.56 Å². The Morgan fingerprint density at radius 3 is 2.70 bits per heavy atom. The Morgan fingerprint density at radius 2 is 2.00 bits per heavy atom. The lowest BCUT2D eigenvalue weighted by molar-refractivity contribution is 0.313. The number of hydrogen-bond donors (Lipinski definition) is 1. The summed E-state index contributed by atoms with van der Waals surface area (Å²) in [6.07, 6.45) is 0.936.